The maximum Gasteiger partial charge on any atom is 0.166 e. The zero-order valence-electron chi connectivity index (χ0n) is 22.1. The first-order chi connectivity index (χ1) is 16.5. The Labute approximate surface area is 210 Å². The molecule has 35 heavy (non-hydrogen) atoms. The van der Waals surface area contributed by atoms with Crippen LogP contribution in [-0.2, 0) is 18.9 Å². The van der Waals surface area contributed by atoms with E-state index in [0.717, 1.165) is 57.8 Å². The lowest BCUT2D eigenvalue weighted by atomic mass is 9.43. The van der Waals surface area contributed by atoms with E-state index in [4.69, 9.17) is 24.7 Å². The summed E-state index contributed by atoms with van der Waals surface area (Å²) in [6.07, 6.45) is 9.80. The molecule has 0 unspecified atom stereocenters. The second-order valence-electron chi connectivity index (χ2n) is 13.4. The fourth-order valence-corrected chi connectivity index (χ4v) is 10.2. The zero-order chi connectivity index (χ0) is 24.8. The zero-order valence-corrected chi connectivity index (χ0v) is 22.1. The minimum atomic E-state index is -1.10. The number of fused-ring (bicyclic) bond motifs is 4. The molecule has 0 aromatic heterocycles. The molecule has 2 saturated heterocycles. The summed E-state index contributed by atoms with van der Waals surface area (Å²) >= 11 is 0. The summed E-state index contributed by atoms with van der Waals surface area (Å²) in [5.41, 5.74) is 5.50. The standard InChI is InChI=1S/C28H47NO6/c1-16-24(29)21(32-4)14-23(34-16)35-18-7-10-25(2)17(13-18)5-6-20-19(25)8-11-27-15-33-26(3,30)22(27)9-12-28(20,27)31/h16-24,30-31H,5-15,29H2,1-4H3/t16-,17+,18+,19-,20-,21-,22-,23+,24+,25-,26-,27+,28+/m1/s1. The van der Waals surface area contributed by atoms with Crippen LogP contribution in [0, 0.1) is 34.5 Å². The molecule has 13 atom stereocenters. The highest BCUT2D eigenvalue weighted by atomic mass is 16.7. The van der Waals surface area contributed by atoms with Crippen LogP contribution in [0.5, 0.6) is 0 Å². The van der Waals surface area contributed by atoms with Crippen molar-refractivity contribution >= 4 is 0 Å². The molecule has 2 aliphatic heterocycles. The molecule has 6 fully saturated rings. The van der Waals surface area contributed by atoms with Gasteiger partial charge in [-0.05, 0) is 94.8 Å². The lowest BCUT2D eigenvalue weighted by molar-refractivity contribution is -0.255. The number of hydrogen-bond donors (Lipinski definition) is 3. The van der Waals surface area contributed by atoms with Crippen LogP contribution >= 0.6 is 0 Å². The van der Waals surface area contributed by atoms with E-state index >= 15 is 0 Å². The van der Waals surface area contributed by atoms with Gasteiger partial charge in [0, 0.05) is 24.9 Å². The van der Waals surface area contributed by atoms with Crippen LogP contribution in [0.3, 0.4) is 0 Å². The maximum absolute atomic E-state index is 12.3. The first-order valence-electron chi connectivity index (χ1n) is 14.2. The monoisotopic (exact) mass is 493 g/mol. The molecule has 4 N–H and O–H groups in total. The Morgan fingerprint density at radius 3 is 2.51 bits per heavy atom. The molecule has 0 radical (unpaired) electrons. The molecule has 0 bridgehead atoms. The van der Waals surface area contributed by atoms with E-state index in [1.54, 1.807) is 7.11 Å². The van der Waals surface area contributed by atoms with E-state index in [1.807, 2.05) is 13.8 Å². The highest BCUT2D eigenvalue weighted by molar-refractivity contribution is 5.21. The predicted molar refractivity (Wildman–Crippen MR) is 130 cm³/mol. The third kappa shape index (κ3) is 3.48. The lowest BCUT2D eigenvalue weighted by Crippen LogP contribution is -2.63. The Balaban J connectivity index is 1.15. The fourth-order valence-electron chi connectivity index (χ4n) is 10.2. The number of nitrogens with two attached hydrogens (primary N) is 1. The van der Waals surface area contributed by atoms with Gasteiger partial charge in [-0.25, -0.2) is 0 Å². The summed E-state index contributed by atoms with van der Waals surface area (Å²) < 4.78 is 24.2. The van der Waals surface area contributed by atoms with Gasteiger partial charge in [-0.2, -0.15) is 0 Å². The Hall–Kier alpha value is -0.280. The van der Waals surface area contributed by atoms with Crippen LogP contribution in [-0.4, -0.2) is 66.0 Å². The minimum absolute atomic E-state index is 0.0288. The average molecular weight is 494 g/mol. The highest BCUT2D eigenvalue weighted by Gasteiger charge is 2.74. The molecule has 0 aromatic carbocycles. The quantitative estimate of drug-likeness (QED) is 0.518. The molecule has 4 aliphatic carbocycles. The molecular formula is C28H47NO6. The van der Waals surface area contributed by atoms with Crippen molar-refractivity contribution in [2.24, 2.45) is 40.2 Å². The van der Waals surface area contributed by atoms with Gasteiger partial charge in [0.25, 0.3) is 0 Å². The third-order valence-electron chi connectivity index (χ3n) is 12.2. The topological polar surface area (TPSA) is 103 Å². The number of methoxy groups -OCH3 is 1. The summed E-state index contributed by atoms with van der Waals surface area (Å²) in [7, 11) is 1.72. The van der Waals surface area contributed by atoms with Crippen LogP contribution in [0.25, 0.3) is 0 Å². The Morgan fingerprint density at radius 1 is 0.943 bits per heavy atom. The van der Waals surface area contributed by atoms with Crippen LogP contribution in [0.2, 0.25) is 0 Å². The first kappa shape index (κ1) is 25.0. The summed E-state index contributed by atoms with van der Waals surface area (Å²) in [6.45, 7) is 6.82. The smallest absolute Gasteiger partial charge is 0.166 e. The van der Waals surface area contributed by atoms with Gasteiger partial charge < -0.3 is 34.9 Å². The Bertz CT molecular complexity index is 823. The van der Waals surface area contributed by atoms with Crippen molar-refractivity contribution in [1.82, 2.24) is 0 Å². The van der Waals surface area contributed by atoms with Crippen molar-refractivity contribution in [2.45, 2.75) is 127 Å². The van der Waals surface area contributed by atoms with Gasteiger partial charge in [0.1, 0.15) is 0 Å². The van der Waals surface area contributed by atoms with Crippen LogP contribution in [0.4, 0.5) is 0 Å². The van der Waals surface area contributed by atoms with Gasteiger partial charge >= 0.3 is 0 Å². The van der Waals surface area contributed by atoms with Crippen molar-refractivity contribution in [2.75, 3.05) is 13.7 Å². The van der Waals surface area contributed by atoms with Crippen molar-refractivity contribution < 1.29 is 29.2 Å². The summed E-state index contributed by atoms with van der Waals surface area (Å²) in [4.78, 5) is 0. The SMILES string of the molecule is CO[C@@H]1C[C@H](O[C@H]2CC[C@]3(C)[C@@H](CC[C@@H]4[C@H]3CC[C@]35CO[C@@](C)(O)[C@H]3CC[C@]45O)C2)O[C@H](C)[C@@H]1N. The summed E-state index contributed by atoms with van der Waals surface area (Å²) in [6, 6.07) is -0.116. The summed E-state index contributed by atoms with van der Waals surface area (Å²) in [5, 5.41) is 23.2. The fraction of sp³-hybridized carbons (Fsp3) is 1.00. The van der Waals surface area contributed by atoms with Crippen molar-refractivity contribution in [3.8, 4) is 0 Å². The van der Waals surface area contributed by atoms with Gasteiger partial charge in [-0.1, -0.05) is 6.92 Å². The first-order valence-corrected chi connectivity index (χ1v) is 14.2. The summed E-state index contributed by atoms with van der Waals surface area (Å²) in [5.74, 6) is 0.408. The number of hydrogen-bond acceptors (Lipinski definition) is 7. The molecular weight excluding hydrogens is 446 g/mol. The molecule has 7 heteroatoms. The second-order valence-corrected chi connectivity index (χ2v) is 13.4. The van der Waals surface area contributed by atoms with Gasteiger partial charge in [0.15, 0.2) is 12.1 Å². The van der Waals surface area contributed by atoms with Crippen LogP contribution < -0.4 is 5.73 Å². The minimum Gasteiger partial charge on any atom is -0.389 e. The number of rotatable bonds is 3. The Morgan fingerprint density at radius 2 is 1.74 bits per heavy atom. The molecule has 6 rings (SSSR count). The maximum atomic E-state index is 12.3. The molecule has 2 heterocycles. The van der Waals surface area contributed by atoms with Gasteiger partial charge in [0.05, 0.1) is 36.6 Å². The van der Waals surface area contributed by atoms with E-state index in [2.05, 4.69) is 6.92 Å². The lowest BCUT2D eigenvalue weighted by Gasteiger charge is -2.63. The van der Waals surface area contributed by atoms with E-state index in [-0.39, 0.29) is 47.4 Å². The molecule has 1 spiro atoms. The van der Waals surface area contributed by atoms with E-state index in [9.17, 15) is 10.2 Å². The largest absolute Gasteiger partial charge is 0.389 e. The van der Waals surface area contributed by atoms with Gasteiger partial charge in [-0.3, -0.25) is 0 Å². The number of aliphatic hydroxyl groups is 2. The molecule has 200 valence electrons. The van der Waals surface area contributed by atoms with E-state index in [0.29, 0.717) is 30.8 Å². The van der Waals surface area contributed by atoms with Crippen molar-refractivity contribution in [3.05, 3.63) is 0 Å². The van der Waals surface area contributed by atoms with Crippen molar-refractivity contribution in [3.63, 3.8) is 0 Å². The van der Waals surface area contributed by atoms with Crippen LogP contribution in [0.1, 0.15) is 85.0 Å². The van der Waals surface area contributed by atoms with Crippen molar-refractivity contribution in [1.29, 1.82) is 0 Å². The third-order valence-corrected chi connectivity index (χ3v) is 12.2. The highest BCUT2D eigenvalue weighted by Crippen LogP contribution is 2.72. The molecule has 0 aromatic rings. The van der Waals surface area contributed by atoms with Gasteiger partial charge in [0.2, 0.25) is 0 Å². The number of ether oxygens (including phenoxy) is 4. The molecule has 7 nitrogen and oxygen atoms in total. The van der Waals surface area contributed by atoms with E-state index in [1.165, 1.54) is 0 Å². The average Bonchev–Trinajstić information content (AvgIpc) is 3.28. The molecule has 6 aliphatic rings. The molecule has 4 saturated carbocycles. The predicted octanol–water partition coefficient (Wildman–Crippen LogP) is 3.34. The second kappa shape index (κ2) is 8.36. The molecule has 0 amide bonds. The Kier molecular flexibility index (Phi) is 5.98. The van der Waals surface area contributed by atoms with Gasteiger partial charge in [-0.15, -0.1) is 0 Å². The van der Waals surface area contributed by atoms with Crippen LogP contribution in [0.15, 0.2) is 0 Å². The normalized spacial score (nSPS) is 59.9. The van der Waals surface area contributed by atoms with E-state index < -0.39 is 11.4 Å².